The molecular weight excluding hydrogens is 391 g/mol. The molecule has 0 saturated carbocycles. The molecule has 0 bridgehead atoms. The third-order valence-corrected chi connectivity index (χ3v) is 5.14. The van der Waals surface area contributed by atoms with Gasteiger partial charge in [-0.1, -0.05) is 19.9 Å². The number of hydrogen-bond acceptors (Lipinski definition) is 3. The summed E-state index contributed by atoms with van der Waals surface area (Å²) in [5.41, 5.74) is 2.27. The first kappa shape index (κ1) is 23.7. The molecule has 1 heterocycles. The minimum Gasteiger partial charge on any atom is -0.369 e. The van der Waals surface area contributed by atoms with Crippen molar-refractivity contribution in [2.45, 2.75) is 33.9 Å². The summed E-state index contributed by atoms with van der Waals surface area (Å²) in [6, 6.07) is 8.98. The molecule has 30 heavy (non-hydrogen) atoms. The molecule has 1 aliphatic rings. The van der Waals surface area contributed by atoms with Crippen molar-refractivity contribution in [3.8, 4) is 0 Å². The Bertz CT molecular complexity index is 872. The molecule has 2 aromatic carbocycles. The summed E-state index contributed by atoms with van der Waals surface area (Å²) in [5.74, 6) is -0.424. The fraction of sp³-hybridized carbons (Fsp3) is 0.435. The predicted molar refractivity (Wildman–Crippen MR) is 116 cm³/mol. The lowest BCUT2D eigenvalue weighted by Gasteiger charge is -2.34. The quantitative estimate of drug-likeness (QED) is 0.725. The van der Waals surface area contributed by atoms with E-state index in [1.807, 2.05) is 45.7 Å². The van der Waals surface area contributed by atoms with E-state index in [1.165, 1.54) is 0 Å². The maximum absolute atomic E-state index is 13.4. The maximum atomic E-state index is 13.4. The van der Waals surface area contributed by atoms with Gasteiger partial charge in [0.1, 0.15) is 0 Å². The van der Waals surface area contributed by atoms with Crippen molar-refractivity contribution in [2.75, 3.05) is 43.4 Å². The number of likely N-dealkylation sites (N-methyl/N-ethyl adjacent to an activating group) is 1. The van der Waals surface area contributed by atoms with Crippen molar-refractivity contribution in [3.63, 3.8) is 0 Å². The lowest BCUT2D eigenvalue weighted by atomic mass is 10.1. The molecule has 0 unspecified atom stereocenters. The number of carbonyl (C=O) groups is 1. The van der Waals surface area contributed by atoms with Gasteiger partial charge in [-0.2, -0.15) is 13.2 Å². The van der Waals surface area contributed by atoms with E-state index < -0.39 is 17.6 Å². The summed E-state index contributed by atoms with van der Waals surface area (Å²) in [6.07, 6.45) is -4.48. The standard InChI is InChI=1S/C21H24F3N3O.C2H6/c1-14-4-5-16(10-15(14)2)20(28)25-18-11-17(21(22,23)24)12-19(13-18)27-8-6-26(3)7-9-27;1-2/h4-5,10-13H,6-9H2,1-3H3,(H,25,28);1-2H3. The third kappa shape index (κ3) is 5.98. The van der Waals surface area contributed by atoms with Gasteiger partial charge in [-0.15, -0.1) is 0 Å². The van der Waals surface area contributed by atoms with E-state index in [1.54, 1.807) is 18.2 Å². The van der Waals surface area contributed by atoms with Crippen LogP contribution in [-0.2, 0) is 6.18 Å². The lowest BCUT2D eigenvalue weighted by Crippen LogP contribution is -2.44. The second kappa shape index (κ2) is 9.98. The van der Waals surface area contributed by atoms with Gasteiger partial charge in [0, 0.05) is 43.1 Å². The average molecular weight is 422 g/mol. The Morgan fingerprint density at radius 1 is 0.933 bits per heavy atom. The molecule has 2 aromatic rings. The second-order valence-electron chi connectivity index (χ2n) is 7.31. The van der Waals surface area contributed by atoms with Gasteiger partial charge in [-0.25, -0.2) is 0 Å². The zero-order valence-electron chi connectivity index (χ0n) is 18.2. The highest BCUT2D eigenvalue weighted by molar-refractivity contribution is 6.04. The van der Waals surface area contributed by atoms with Crippen LogP contribution in [0, 0.1) is 13.8 Å². The average Bonchev–Trinajstić information content (AvgIpc) is 2.71. The molecule has 7 heteroatoms. The van der Waals surface area contributed by atoms with E-state index in [4.69, 9.17) is 0 Å². The van der Waals surface area contributed by atoms with Crippen molar-refractivity contribution in [3.05, 3.63) is 58.7 Å². The molecule has 0 spiro atoms. The Morgan fingerprint density at radius 2 is 1.57 bits per heavy atom. The first-order valence-electron chi connectivity index (χ1n) is 10.2. The van der Waals surface area contributed by atoms with Crippen LogP contribution in [0.3, 0.4) is 0 Å². The molecule has 0 atom stereocenters. The molecule has 4 nitrogen and oxygen atoms in total. The summed E-state index contributed by atoms with van der Waals surface area (Å²) in [6.45, 7) is 10.7. The second-order valence-corrected chi connectivity index (χ2v) is 7.31. The number of halogens is 3. The Hall–Kier alpha value is -2.54. The predicted octanol–water partition coefficient (Wildman–Crippen LogP) is 5.35. The lowest BCUT2D eigenvalue weighted by molar-refractivity contribution is -0.137. The number of nitrogens with one attached hydrogen (secondary N) is 1. The fourth-order valence-electron chi connectivity index (χ4n) is 3.18. The van der Waals surface area contributed by atoms with Crippen LogP contribution in [0.25, 0.3) is 0 Å². The number of aryl methyl sites for hydroxylation is 2. The Kier molecular flexibility index (Phi) is 7.89. The van der Waals surface area contributed by atoms with Crippen LogP contribution in [0.4, 0.5) is 24.5 Å². The van der Waals surface area contributed by atoms with Crippen molar-refractivity contribution in [2.24, 2.45) is 0 Å². The summed E-state index contributed by atoms with van der Waals surface area (Å²) in [5, 5.41) is 2.63. The Labute approximate surface area is 176 Å². The monoisotopic (exact) mass is 421 g/mol. The van der Waals surface area contributed by atoms with E-state index >= 15 is 0 Å². The van der Waals surface area contributed by atoms with Crippen LogP contribution in [0.15, 0.2) is 36.4 Å². The summed E-state index contributed by atoms with van der Waals surface area (Å²) in [7, 11) is 1.98. The Morgan fingerprint density at radius 3 is 2.13 bits per heavy atom. The topological polar surface area (TPSA) is 35.6 Å². The van der Waals surface area contributed by atoms with E-state index in [0.717, 1.165) is 36.3 Å². The van der Waals surface area contributed by atoms with Gasteiger partial charge >= 0.3 is 6.18 Å². The maximum Gasteiger partial charge on any atom is 0.416 e. The van der Waals surface area contributed by atoms with Crippen LogP contribution in [0.5, 0.6) is 0 Å². The smallest absolute Gasteiger partial charge is 0.369 e. The molecule has 0 aliphatic carbocycles. The van der Waals surface area contributed by atoms with E-state index in [0.29, 0.717) is 24.3 Å². The van der Waals surface area contributed by atoms with Crippen LogP contribution < -0.4 is 10.2 Å². The third-order valence-electron chi connectivity index (χ3n) is 5.14. The van der Waals surface area contributed by atoms with E-state index in [2.05, 4.69) is 10.2 Å². The molecule has 3 rings (SSSR count). The molecule has 1 aliphatic heterocycles. The first-order valence-corrected chi connectivity index (χ1v) is 10.2. The number of amides is 1. The number of piperazine rings is 1. The highest BCUT2D eigenvalue weighted by atomic mass is 19.4. The van der Waals surface area contributed by atoms with Gasteiger partial charge in [0.2, 0.25) is 0 Å². The van der Waals surface area contributed by atoms with Crippen molar-refractivity contribution in [1.82, 2.24) is 4.90 Å². The van der Waals surface area contributed by atoms with Crippen LogP contribution >= 0.6 is 0 Å². The largest absolute Gasteiger partial charge is 0.416 e. The molecule has 1 N–H and O–H groups in total. The van der Waals surface area contributed by atoms with Gasteiger partial charge < -0.3 is 15.1 Å². The van der Waals surface area contributed by atoms with Gasteiger partial charge in [0.05, 0.1) is 5.56 Å². The van der Waals surface area contributed by atoms with Crippen molar-refractivity contribution >= 4 is 17.3 Å². The molecule has 1 amide bonds. The molecule has 1 fully saturated rings. The number of nitrogens with zero attached hydrogens (tertiary/aromatic N) is 2. The Balaban J connectivity index is 0.00000155. The minimum atomic E-state index is -4.48. The normalized spacial score (nSPS) is 14.7. The van der Waals surface area contributed by atoms with Gasteiger partial charge in [-0.3, -0.25) is 4.79 Å². The highest BCUT2D eigenvalue weighted by Crippen LogP contribution is 2.35. The van der Waals surface area contributed by atoms with Crippen LogP contribution in [0.2, 0.25) is 0 Å². The van der Waals surface area contributed by atoms with Gasteiger partial charge in [-0.05, 0) is 62.4 Å². The van der Waals surface area contributed by atoms with E-state index in [9.17, 15) is 18.0 Å². The first-order chi connectivity index (χ1) is 14.1. The summed E-state index contributed by atoms with van der Waals surface area (Å²) < 4.78 is 40.2. The SMILES string of the molecule is CC.Cc1ccc(C(=O)Nc2cc(N3CCN(C)CC3)cc(C(F)(F)F)c2)cc1C. The minimum absolute atomic E-state index is 0.145. The zero-order chi connectivity index (χ0) is 22.5. The molecule has 0 aromatic heterocycles. The molecular formula is C23H30F3N3O. The number of hydrogen-bond donors (Lipinski definition) is 1. The van der Waals surface area contributed by atoms with Crippen LogP contribution in [0.1, 0.15) is 40.9 Å². The number of anilines is 2. The number of rotatable bonds is 3. The zero-order valence-corrected chi connectivity index (χ0v) is 18.2. The molecule has 164 valence electrons. The van der Waals surface area contributed by atoms with Gasteiger partial charge in [0.25, 0.3) is 5.91 Å². The number of alkyl halides is 3. The fourth-order valence-corrected chi connectivity index (χ4v) is 3.18. The van der Waals surface area contributed by atoms with Gasteiger partial charge in [0.15, 0.2) is 0 Å². The number of carbonyl (C=O) groups excluding carboxylic acids is 1. The summed E-state index contributed by atoms with van der Waals surface area (Å²) in [4.78, 5) is 16.6. The van der Waals surface area contributed by atoms with E-state index in [-0.39, 0.29) is 5.69 Å². The summed E-state index contributed by atoms with van der Waals surface area (Å²) >= 11 is 0. The van der Waals surface area contributed by atoms with Crippen LogP contribution in [-0.4, -0.2) is 44.0 Å². The molecule has 0 radical (unpaired) electrons. The molecule has 1 saturated heterocycles. The van der Waals surface area contributed by atoms with Crippen molar-refractivity contribution < 1.29 is 18.0 Å². The van der Waals surface area contributed by atoms with Crippen molar-refractivity contribution in [1.29, 1.82) is 0 Å². The number of benzene rings is 2. The highest BCUT2D eigenvalue weighted by Gasteiger charge is 2.32.